The van der Waals surface area contributed by atoms with Gasteiger partial charge in [-0.25, -0.2) is 4.68 Å². The molecule has 5 nitrogen and oxygen atoms in total. The zero-order valence-corrected chi connectivity index (χ0v) is 14.5. The maximum Gasteiger partial charge on any atom is 0.312 e. The number of hydrogen-bond donors (Lipinski definition) is 0. The Labute approximate surface area is 151 Å². The standard InChI is InChI=1S/C21H19N3O2/c1-16-14-22-24(15-16)18-6-8-19(9-7-18)26-21(25)11-13-23-12-10-17-4-2-3-5-20(17)23/h2-10,12,14-15H,11,13H2,1H3. The first-order valence-corrected chi connectivity index (χ1v) is 8.55. The molecule has 2 heterocycles. The number of ether oxygens (including phenoxy) is 1. The first-order valence-electron chi connectivity index (χ1n) is 8.55. The van der Waals surface area contributed by atoms with E-state index in [0.717, 1.165) is 16.8 Å². The van der Waals surface area contributed by atoms with Crippen LogP contribution in [0.3, 0.4) is 0 Å². The van der Waals surface area contributed by atoms with Crippen molar-refractivity contribution >= 4 is 16.9 Å². The zero-order valence-electron chi connectivity index (χ0n) is 14.5. The van der Waals surface area contributed by atoms with Crippen LogP contribution in [0.25, 0.3) is 16.6 Å². The molecule has 0 aliphatic heterocycles. The van der Waals surface area contributed by atoms with E-state index < -0.39 is 0 Å². The monoisotopic (exact) mass is 345 g/mol. The van der Waals surface area contributed by atoms with Crippen molar-refractivity contribution in [1.82, 2.24) is 14.3 Å². The summed E-state index contributed by atoms with van der Waals surface area (Å²) in [4.78, 5) is 12.1. The summed E-state index contributed by atoms with van der Waals surface area (Å²) in [6, 6.07) is 17.5. The lowest BCUT2D eigenvalue weighted by atomic mass is 10.2. The Balaban J connectivity index is 1.37. The highest BCUT2D eigenvalue weighted by Crippen LogP contribution is 2.18. The lowest BCUT2D eigenvalue weighted by Crippen LogP contribution is -2.11. The highest BCUT2D eigenvalue weighted by molar-refractivity contribution is 5.80. The molecule has 0 amide bonds. The minimum atomic E-state index is -0.245. The normalized spacial score (nSPS) is 11.0. The van der Waals surface area contributed by atoms with Crippen molar-refractivity contribution < 1.29 is 9.53 Å². The second-order valence-corrected chi connectivity index (χ2v) is 6.25. The van der Waals surface area contributed by atoms with Gasteiger partial charge in [-0.15, -0.1) is 0 Å². The summed E-state index contributed by atoms with van der Waals surface area (Å²) < 4.78 is 9.30. The minimum absolute atomic E-state index is 0.245. The van der Waals surface area contributed by atoms with E-state index in [2.05, 4.69) is 27.9 Å². The van der Waals surface area contributed by atoms with Crippen molar-refractivity contribution in [3.8, 4) is 11.4 Å². The van der Waals surface area contributed by atoms with Gasteiger partial charge < -0.3 is 9.30 Å². The maximum absolute atomic E-state index is 12.1. The van der Waals surface area contributed by atoms with Gasteiger partial charge in [-0.2, -0.15) is 5.10 Å². The first kappa shape index (κ1) is 16.1. The van der Waals surface area contributed by atoms with Crippen LogP contribution in [0.1, 0.15) is 12.0 Å². The molecule has 0 saturated carbocycles. The summed E-state index contributed by atoms with van der Waals surface area (Å²) in [5, 5.41) is 5.44. The van der Waals surface area contributed by atoms with Crippen molar-refractivity contribution in [2.45, 2.75) is 19.9 Å². The highest BCUT2D eigenvalue weighted by Gasteiger charge is 2.08. The van der Waals surface area contributed by atoms with Gasteiger partial charge in [-0.1, -0.05) is 18.2 Å². The number of aromatic nitrogens is 3. The molecule has 0 bridgehead atoms. The largest absolute Gasteiger partial charge is 0.426 e. The molecule has 0 aliphatic carbocycles. The molecule has 0 fully saturated rings. The van der Waals surface area contributed by atoms with E-state index in [1.807, 2.05) is 43.6 Å². The third-order valence-electron chi connectivity index (χ3n) is 4.28. The number of carbonyl (C=O) groups excluding carboxylic acids is 1. The number of esters is 1. The summed E-state index contributed by atoms with van der Waals surface area (Å²) in [6.07, 6.45) is 6.07. The Bertz CT molecular complexity index is 1040. The number of rotatable bonds is 5. The van der Waals surface area contributed by atoms with Crippen molar-refractivity contribution in [1.29, 1.82) is 0 Å². The molecule has 26 heavy (non-hydrogen) atoms. The smallest absolute Gasteiger partial charge is 0.312 e. The summed E-state index contributed by atoms with van der Waals surface area (Å²) in [6.45, 7) is 2.59. The third kappa shape index (κ3) is 3.37. The summed E-state index contributed by atoms with van der Waals surface area (Å²) in [5.74, 6) is 0.297. The van der Waals surface area contributed by atoms with Gasteiger partial charge in [-0.3, -0.25) is 4.79 Å². The molecule has 0 N–H and O–H groups in total. The molecule has 0 spiro atoms. The molecule has 0 unspecified atom stereocenters. The van der Waals surface area contributed by atoms with E-state index in [0.29, 0.717) is 18.7 Å². The van der Waals surface area contributed by atoms with Gasteiger partial charge in [0.05, 0.1) is 18.3 Å². The summed E-state index contributed by atoms with van der Waals surface area (Å²) >= 11 is 0. The second-order valence-electron chi connectivity index (χ2n) is 6.25. The summed E-state index contributed by atoms with van der Waals surface area (Å²) in [7, 11) is 0. The quantitative estimate of drug-likeness (QED) is 0.404. The van der Waals surface area contributed by atoms with Crippen molar-refractivity contribution in [2.24, 2.45) is 0 Å². The Hall–Kier alpha value is -3.34. The lowest BCUT2D eigenvalue weighted by molar-refractivity contribution is -0.134. The molecule has 4 aromatic rings. The number of hydrogen-bond acceptors (Lipinski definition) is 3. The topological polar surface area (TPSA) is 49.1 Å². The Morgan fingerprint density at radius 2 is 1.88 bits per heavy atom. The number of fused-ring (bicyclic) bond motifs is 1. The maximum atomic E-state index is 12.1. The lowest BCUT2D eigenvalue weighted by Gasteiger charge is -2.07. The van der Waals surface area contributed by atoms with Crippen LogP contribution in [0.4, 0.5) is 0 Å². The van der Waals surface area contributed by atoms with Crippen LogP contribution < -0.4 is 4.74 Å². The fourth-order valence-electron chi connectivity index (χ4n) is 2.95. The number of nitrogens with zero attached hydrogens (tertiary/aromatic N) is 3. The highest BCUT2D eigenvalue weighted by atomic mass is 16.5. The van der Waals surface area contributed by atoms with E-state index in [1.54, 1.807) is 23.0 Å². The van der Waals surface area contributed by atoms with Crippen LogP contribution in [0, 0.1) is 6.92 Å². The van der Waals surface area contributed by atoms with Gasteiger partial charge in [0.25, 0.3) is 0 Å². The average Bonchev–Trinajstić information content (AvgIpc) is 3.27. The van der Waals surface area contributed by atoms with Crippen LogP contribution >= 0.6 is 0 Å². The molecular weight excluding hydrogens is 326 g/mol. The van der Waals surface area contributed by atoms with Crippen molar-refractivity contribution in [2.75, 3.05) is 0 Å². The van der Waals surface area contributed by atoms with Gasteiger partial charge in [0, 0.05) is 24.5 Å². The molecule has 4 rings (SSSR count). The Kier molecular flexibility index (Phi) is 4.27. The summed E-state index contributed by atoms with van der Waals surface area (Å²) in [5.41, 5.74) is 3.15. The molecule has 0 radical (unpaired) electrons. The predicted molar refractivity (Wildman–Crippen MR) is 100 cm³/mol. The van der Waals surface area contributed by atoms with Crippen LogP contribution in [0.5, 0.6) is 5.75 Å². The van der Waals surface area contributed by atoms with Gasteiger partial charge in [0.1, 0.15) is 5.75 Å². The van der Waals surface area contributed by atoms with Gasteiger partial charge in [0.2, 0.25) is 0 Å². The van der Waals surface area contributed by atoms with Crippen LogP contribution in [0.2, 0.25) is 0 Å². The number of benzene rings is 2. The number of aryl methyl sites for hydroxylation is 2. The molecular formula is C21H19N3O2. The van der Waals surface area contributed by atoms with E-state index in [1.165, 1.54) is 5.39 Å². The first-order chi connectivity index (χ1) is 12.7. The zero-order chi connectivity index (χ0) is 17.9. The molecule has 0 atom stereocenters. The fraction of sp³-hybridized carbons (Fsp3) is 0.143. The van der Waals surface area contributed by atoms with Crippen LogP contribution in [-0.4, -0.2) is 20.3 Å². The molecule has 0 aliphatic rings. The molecule has 5 heteroatoms. The predicted octanol–water partition coefficient (Wildman–Crippen LogP) is 4.13. The van der Waals surface area contributed by atoms with E-state index in [4.69, 9.17) is 4.74 Å². The van der Waals surface area contributed by atoms with E-state index in [9.17, 15) is 4.79 Å². The Morgan fingerprint density at radius 3 is 2.65 bits per heavy atom. The minimum Gasteiger partial charge on any atom is -0.426 e. The van der Waals surface area contributed by atoms with Crippen molar-refractivity contribution in [3.63, 3.8) is 0 Å². The van der Waals surface area contributed by atoms with E-state index in [-0.39, 0.29) is 5.97 Å². The number of carbonyl (C=O) groups is 1. The van der Waals surface area contributed by atoms with Crippen LogP contribution in [0.15, 0.2) is 73.2 Å². The molecule has 2 aromatic heterocycles. The SMILES string of the molecule is Cc1cnn(-c2ccc(OC(=O)CCn3ccc4ccccc43)cc2)c1. The second kappa shape index (κ2) is 6.88. The van der Waals surface area contributed by atoms with Gasteiger partial charge >= 0.3 is 5.97 Å². The Morgan fingerprint density at radius 1 is 1.08 bits per heavy atom. The number of para-hydroxylation sites is 1. The van der Waals surface area contributed by atoms with Crippen molar-refractivity contribution in [3.05, 3.63) is 78.8 Å². The van der Waals surface area contributed by atoms with Gasteiger partial charge in [0.15, 0.2) is 0 Å². The van der Waals surface area contributed by atoms with E-state index >= 15 is 0 Å². The fourth-order valence-corrected chi connectivity index (χ4v) is 2.95. The van der Waals surface area contributed by atoms with Gasteiger partial charge in [-0.05, 0) is 54.3 Å². The molecule has 2 aromatic carbocycles. The van der Waals surface area contributed by atoms with Crippen LogP contribution in [-0.2, 0) is 11.3 Å². The third-order valence-corrected chi connectivity index (χ3v) is 4.28. The molecule has 0 saturated heterocycles. The average molecular weight is 345 g/mol. The molecule has 130 valence electrons.